The number of nitrogens with zero attached hydrogens (tertiary/aromatic N) is 2. The van der Waals surface area contributed by atoms with Crippen LogP contribution in [0.25, 0.3) is 0 Å². The average Bonchev–Trinajstić information content (AvgIpc) is 2.63. The summed E-state index contributed by atoms with van der Waals surface area (Å²) in [7, 11) is 0. The summed E-state index contributed by atoms with van der Waals surface area (Å²) in [5.41, 5.74) is 7.80. The highest BCUT2D eigenvalue weighted by molar-refractivity contribution is 9.10. The minimum absolute atomic E-state index is 0.217. The highest BCUT2D eigenvalue weighted by atomic mass is 79.9. The first-order valence-corrected chi connectivity index (χ1v) is 6.74. The number of halogens is 1. The molecule has 3 N–H and O–H groups in total. The molecule has 0 aliphatic carbocycles. The Balaban J connectivity index is 2.21. The van der Waals surface area contributed by atoms with Crippen LogP contribution in [0.2, 0.25) is 0 Å². The van der Waals surface area contributed by atoms with E-state index in [9.17, 15) is 4.79 Å². The molecule has 2 heterocycles. The molecule has 0 fully saturated rings. The topological polar surface area (TPSA) is 80.9 Å². The summed E-state index contributed by atoms with van der Waals surface area (Å²) in [6.07, 6.45) is 1.59. The molecule has 0 aliphatic heterocycles. The maximum atomic E-state index is 12.0. The lowest BCUT2D eigenvalue weighted by molar-refractivity contribution is 0.103. The van der Waals surface area contributed by atoms with Crippen molar-refractivity contribution in [1.29, 1.82) is 0 Å². The molecule has 18 heavy (non-hydrogen) atoms. The van der Waals surface area contributed by atoms with E-state index in [0.717, 1.165) is 10.2 Å². The largest absolute Gasteiger partial charge is 0.375 e. The second kappa shape index (κ2) is 5.03. The third-order valence-corrected chi connectivity index (χ3v) is 4.11. The van der Waals surface area contributed by atoms with Crippen molar-refractivity contribution in [3.63, 3.8) is 0 Å². The maximum absolute atomic E-state index is 12.0. The molecular formula is C11H11BrN4OS. The molecule has 0 saturated carbocycles. The van der Waals surface area contributed by atoms with E-state index >= 15 is 0 Å². The Hall–Kier alpha value is -1.47. The SMILES string of the molecule is Cc1cc(NC(=O)c2sc(N)nc2C)cnc1Br. The number of pyridine rings is 1. The summed E-state index contributed by atoms with van der Waals surface area (Å²) >= 11 is 4.48. The average molecular weight is 327 g/mol. The number of carbonyl (C=O) groups excluding carboxylic acids is 1. The number of aromatic nitrogens is 2. The van der Waals surface area contributed by atoms with Crippen LogP contribution in [0.4, 0.5) is 10.8 Å². The lowest BCUT2D eigenvalue weighted by Crippen LogP contribution is -2.12. The summed E-state index contributed by atoms with van der Waals surface area (Å²) in [4.78, 5) is 20.7. The van der Waals surface area contributed by atoms with Crippen LogP contribution in [0, 0.1) is 13.8 Å². The van der Waals surface area contributed by atoms with E-state index in [2.05, 4.69) is 31.2 Å². The Morgan fingerprint density at radius 2 is 2.22 bits per heavy atom. The number of thiazole rings is 1. The number of aryl methyl sites for hydroxylation is 2. The predicted octanol–water partition coefficient (Wildman–Crippen LogP) is 2.75. The highest BCUT2D eigenvalue weighted by Crippen LogP contribution is 2.22. The lowest BCUT2D eigenvalue weighted by Gasteiger charge is -2.05. The molecule has 0 aromatic carbocycles. The second-order valence-corrected chi connectivity index (χ2v) is 5.53. The molecule has 0 radical (unpaired) electrons. The molecule has 0 atom stereocenters. The van der Waals surface area contributed by atoms with Gasteiger partial charge in [-0.05, 0) is 41.4 Å². The van der Waals surface area contributed by atoms with Crippen molar-refractivity contribution in [3.8, 4) is 0 Å². The van der Waals surface area contributed by atoms with Gasteiger partial charge in [-0.1, -0.05) is 11.3 Å². The fraction of sp³-hybridized carbons (Fsp3) is 0.182. The molecule has 2 aromatic rings. The molecule has 2 rings (SSSR count). The van der Waals surface area contributed by atoms with E-state index in [1.807, 2.05) is 13.0 Å². The summed E-state index contributed by atoms with van der Waals surface area (Å²) in [6.45, 7) is 3.66. The van der Waals surface area contributed by atoms with Gasteiger partial charge in [-0.2, -0.15) is 0 Å². The van der Waals surface area contributed by atoms with Gasteiger partial charge in [0.05, 0.1) is 17.6 Å². The van der Waals surface area contributed by atoms with Gasteiger partial charge in [-0.15, -0.1) is 0 Å². The Bertz CT molecular complexity index is 611. The minimum Gasteiger partial charge on any atom is -0.375 e. The molecule has 0 spiro atoms. The third kappa shape index (κ3) is 2.68. The zero-order valence-corrected chi connectivity index (χ0v) is 12.2. The molecule has 94 valence electrons. The Labute approximate surface area is 117 Å². The van der Waals surface area contributed by atoms with Crippen molar-refractivity contribution >= 4 is 44.0 Å². The number of hydrogen-bond acceptors (Lipinski definition) is 5. The van der Waals surface area contributed by atoms with Gasteiger partial charge < -0.3 is 11.1 Å². The van der Waals surface area contributed by atoms with Crippen molar-refractivity contribution in [2.24, 2.45) is 0 Å². The molecule has 7 heteroatoms. The Kier molecular flexibility index (Phi) is 3.63. The Morgan fingerprint density at radius 3 is 2.78 bits per heavy atom. The zero-order valence-electron chi connectivity index (χ0n) is 9.82. The highest BCUT2D eigenvalue weighted by Gasteiger charge is 2.14. The van der Waals surface area contributed by atoms with Crippen molar-refractivity contribution in [1.82, 2.24) is 9.97 Å². The van der Waals surface area contributed by atoms with Crippen LogP contribution in [-0.2, 0) is 0 Å². The van der Waals surface area contributed by atoms with Gasteiger partial charge in [-0.3, -0.25) is 4.79 Å². The van der Waals surface area contributed by atoms with Gasteiger partial charge in [0, 0.05) is 0 Å². The molecule has 5 nitrogen and oxygen atoms in total. The van der Waals surface area contributed by atoms with E-state index < -0.39 is 0 Å². The van der Waals surface area contributed by atoms with Crippen LogP contribution in [0.15, 0.2) is 16.9 Å². The number of nitrogens with one attached hydrogen (secondary N) is 1. The van der Waals surface area contributed by atoms with Crippen LogP contribution in [-0.4, -0.2) is 15.9 Å². The van der Waals surface area contributed by atoms with Gasteiger partial charge >= 0.3 is 0 Å². The first kappa shape index (κ1) is 13.0. The summed E-state index contributed by atoms with van der Waals surface area (Å²) in [5.74, 6) is -0.217. The first-order chi connectivity index (χ1) is 8.47. The second-order valence-electron chi connectivity index (χ2n) is 3.75. The van der Waals surface area contributed by atoms with Crippen LogP contribution in [0.1, 0.15) is 20.9 Å². The van der Waals surface area contributed by atoms with Crippen molar-refractivity contribution in [3.05, 3.63) is 33.0 Å². The van der Waals surface area contributed by atoms with Gasteiger partial charge in [-0.25, -0.2) is 9.97 Å². The van der Waals surface area contributed by atoms with E-state index in [4.69, 9.17) is 5.73 Å². The van der Waals surface area contributed by atoms with E-state index in [-0.39, 0.29) is 5.91 Å². The quantitative estimate of drug-likeness (QED) is 0.831. The molecule has 0 aliphatic rings. The molecular weight excluding hydrogens is 316 g/mol. The summed E-state index contributed by atoms with van der Waals surface area (Å²) in [6, 6.07) is 1.84. The number of rotatable bonds is 2. The van der Waals surface area contributed by atoms with Crippen molar-refractivity contribution in [2.75, 3.05) is 11.1 Å². The monoisotopic (exact) mass is 326 g/mol. The normalized spacial score (nSPS) is 10.4. The Morgan fingerprint density at radius 1 is 1.50 bits per heavy atom. The third-order valence-electron chi connectivity index (χ3n) is 2.29. The standard InChI is InChI=1S/C11H11BrN4OS/c1-5-3-7(4-14-9(5)12)16-10(17)8-6(2)15-11(13)18-8/h3-4H,1-2H3,(H2,13,15)(H,16,17). The van der Waals surface area contributed by atoms with Crippen molar-refractivity contribution < 1.29 is 4.79 Å². The number of nitrogen functional groups attached to an aromatic ring is 1. The minimum atomic E-state index is -0.217. The summed E-state index contributed by atoms with van der Waals surface area (Å²) in [5, 5.41) is 3.16. The smallest absolute Gasteiger partial charge is 0.267 e. The predicted molar refractivity (Wildman–Crippen MR) is 75.9 cm³/mol. The fourth-order valence-corrected chi connectivity index (χ4v) is 2.39. The molecule has 2 aromatic heterocycles. The maximum Gasteiger partial charge on any atom is 0.267 e. The van der Waals surface area contributed by atoms with E-state index in [0.29, 0.717) is 21.4 Å². The zero-order chi connectivity index (χ0) is 13.3. The van der Waals surface area contributed by atoms with Crippen molar-refractivity contribution in [2.45, 2.75) is 13.8 Å². The van der Waals surface area contributed by atoms with Crippen LogP contribution >= 0.6 is 27.3 Å². The number of amides is 1. The summed E-state index contributed by atoms with van der Waals surface area (Å²) < 4.78 is 0.763. The van der Waals surface area contributed by atoms with Crippen LogP contribution < -0.4 is 11.1 Å². The first-order valence-electron chi connectivity index (χ1n) is 5.14. The number of hydrogen-bond donors (Lipinski definition) is 2. The molecule has 1 amide bonds. The molecule has 0 bridgehead atoms. The van der Waals surface area contributed by atoms with E-state index in [1.165, 1.54) is 11.3 Å². The number of anilines is 2. The lowest BCUT2D eigenvalue weighted by atomic mass is 10.3. The molecule has 0 unspecified atom stereocenters. The van der Waals surface area contributed by atoms with Gasteiger partial charge in [0.15, 0.2) is 5.13 Å². The van der Waals surface area contributed by atoms with Crippen LogP contribution in [0.5, 0.6) is 0 Å². The van der Waals surface area contributed by atoms with Gasteiger partial charge in [0.1, 0.15) is 9.48 Å². The van der Waals surface area contributed by atoms with Gasteiger partial charge in [0.25, 0.3) is 5.91 Å². The fourth-order valence-electron chi connectivity index (χ4n) is 1.44. The number of carbonyl (C=O) groups is 1. The van der Waals surface area contributed by atoms with Crippen LogP contribution in [0.3, 0.4) is 0 Å². The molecule has 0 saturated heterocycles. The van der Waals surface area contributed by atoms with Gasteiger partial charge in [0.2, 0.25) is 0 Å². The number of nitrogens with two attached hydrogens (primary N) is 1. The van der Waals surface area contributed by atoms with E-state index in [1.54, 1.807) is 13.1 Å².